The molecule has 1 amide bonds. The Morgan fingerprint density at radius 3 is 2.28 bits per heavy atom. The monoisotopic (exact) mass is 255 g/mol. The second kappa shape index (κ2) is 6.21. The number of rotatable bonds is 6. The molecule has 104 valence electrons. The van der Waals surface area contributed by atoms with Gasteiger partial charge < -0.3 is 10.4 Å². The van der Waals surface area contributed by atoms with E-state index in [0.29, 0.717) is 18.8 Å². The highest BCUT2D eigenvalue weighted by Crippen LogP contribution is 2.32. The smallest absolute Gasteiger partial charge is 0.311 e. The van der Waals surface area contributed by atoms with Crippen molar-refractivity contribution in [1.82, 2.24) is 5.32 Å². The first-order valence-electron chi connectivity index (χ1n) is 6.98. The van der Waals surface area contributed by atoms with Crippen molar-refractivity contribution in [3.05, 3.63) is 0 Å². The van der Waals surface area contributed by atoms with Crippen LogP contribution in [0.1, 0.15) is 52.9 Å². The Morgan fingerprint density at radius 1 is 1.28 bits per heavy atom. The Balaban J connectivity index is 2.57. The lowest BCUT2D eigenvalue weighted by Crippen LogP contribution is -2.44. The molecule has 0 aliphatic heterocycles. The highest BCUT2D eigenvalue weighted by atomic mass is 16.4. The van der Waals surface area contributed by atoms with Crippen molar-refractivity contribution < 1.29 is 14.7 Å². The fourth-order valence-corrected chi connectivity index (χ4v) is 2.80. The van der Waals surface area contributed by atoms with E-state index in [-0.39, 0.29) is 18.4 Å². The number of aliphatic carboxylic acids is 1. The third kappa shape index (κ3) is 3.03. The van der Waals surface area contributed by atoms with Crippen molar-refractivity contribution in [3.63, 3.8) is 0 Å². The summed E-state index contributed by atoms with van der Waals surface area (Å²) in [6, 6.07) is 0. The first kappa shape index (κ1) is 15.0. The van der Waals surface area contributed by atoms with E-state index < -0.39 is 11.4 Å². The van der Waals surface area contributed by atoms with Crippen molar-refractivity contribution in [2.24, 2.45) is 17.3 Å². The Hall–Kier alpha value is -1.06. The van der Waals surface area contributed by atoms with Crippen molar-refractivity contribution in [1.29, 1.82) is 0 Å². The molecule has 0 spiro atoms. The average Bonchev–Trinajstić information content (AvgIpc) is 2.77. The molecule has 2 N–H and O–H groups in total. The molecule has 1 rings (SSSR count). The van der Waals surface area contributed by atoms with Crippen molar-refractivity contribution >= 4 is 11.9 Å². The van der Waals surface area contributed by atoms with Crippen LogP contribution in [0.3, 0.4) is 0 Å². The Morgan fingerprint density at radius 2 is 1.89 bits per heavy atom. The van der Waals surface area contributed by atoms with Gasteiger partial charge in [-0.2, -0.15) is 0 Å². The van der Waals surface area contributed by atoms with Gasteiger partial charge in [-0.1, -0.05) is 27.2 Å². The predicted molar refractivity (Wildman–Crippen MR) is 70.2 cm³/mol. The normalized spacial score (nSPS) is 23.9. The SMILES string of the molecule is CCC(CC)(CNC(=O)C1CCCC1C)C(=O)O. The molecule has 1 aliphatic carbocycles. The molecular formula is C14H25NO3. The number of carbonyl (C=O) groups is 2. The molecule has 0 aromatic heterocycles. The van der Waals surface area contributed by atoms with Crippen molar-refractivity contribution in [2.75, 3.05) is 6.54 Å². The number of carboxylic acids is 1. The maximum absolute atomic E-state index is 12.1. The van der Waals surface area contributed by atoms with Crippen LogP contribution in [0.4, 0.5) is 0 Å². The quantitative estimate of drug-likeness (QED) is 0.766. The van der Waals surface area contributed by atoms with Crippen LogP contribution in [0.2, 0.25) is 0 Å². The van der Waals surface area contributed by atoms with Gasteiger partial charge in [0.05, 0.1) is 5.41 Å². The van der Waals surface area contributed by atoms with Gasteiger partial charge in [0.1, 0.15) is 0 Å². The lowest BCUT2D eigenvalue weighted by Gasteiger charge is -2.28. The number of hydrogen-bond donors (Lipinski definition) is 2. The zero-order valence-electron chi connectivity index (χ0n) is 11.7. The van der Waals surface area contributed by atoms with Crippen LogP contribution in [0.5, 0.6) is 0 Å². The lowest BCUT2D eigenvalue weighted by atomic mass is 9.82. The highest BCUT2D eigenvalue weighted by Gasteiger charge is 2.37. The molecule has 0 bridgehead atoms. The Kier molecular flexibility index (Phi) is 5.17. The van der Waals surface area contributed by atoms with E-state index in [4.69, 9.17) is 0 Å². The topological polar surface area (TPSA) is 66.4 Å². The summed E-state index contributed by atoms with van der Waals surface area (Å²) in [7, 11) is 0. The summed E-state index contributed by atoms with van der Waals surface area (Å²) < 4.78 is 0. The van der Waals surface area contributed by atoms with E-state index in [1.807, 2.05) is 13.8 Å². The van der Waals surface area contributed by atoms with Crippen molar-refractivity contribution in [3.8, 4) is 0 Å². The largest absolute Gasteiger partial charge is 0.481 e. The Labute approximate surface area is 109 Å². The molecule has 1 aliphatic rings. The van der Waals surface area contributed by atoms with Gasteiger partial charge in [-0.3, -0.25) is 9.59 Å². The van der Waals surface area contributed by atoms with Gasteiger partial charge in [-0.05, 0) is 31.6 Å². The summed E-state index contributed by atoms with van der Waals surface area (Å²) in [6.07, 6.45) is 4.22. The van der Waals surface area contributed by atoms with E-state index in [2.05, 4.69) is 12.2 Å². The molecule has 1 saturated carbocycles. The summed E-state index contributed by atoms with van der Waals surface area (Å²) in [5, 5.41) is 12.2. The van der Waals surface area contributed by atoms with Crippen molar-refractivity contribution in [2.45, 2.75) is 52.9 Å². The average molecular weight is 255 g/mol. The van der Waals surface area contributed by atoms with Crippen LogP contribution in [-0.4, -0.2) is 23.5 Å². The van der Waals surface area contributed by atoms with Crippen LogP contribution in [-0.2, 0) is 9.59 Å². The lowest BCUT2D eigenvalue weighted by molar-refractivity contribution is -0.149. The van der Waals surface area contributed by atoms with Crippen LogP contribution in [0.25, 0.3) is 0 Å². The van der Waals surface area contributed by atoms with Gasteiger partial charge in [0, 0.05) is 12.5 Å². The highest BCUT2D eigenvalue weighted by molar-refractivity contribution is 5.81. The molecule has 0 aromatic rings. The molecule has 2 unspecified atom stereocenters. The van der Waals surface area contributed by atoms with Gasteiger partial charge >= 0.3 is 5.97 Å². The number of amides is 1. The maximum atomic E-state index is 12.1. The van der Waals surface area contributed by atoms with E-state index in [9.17, 15) is 14.7 Å². The van der Waals surface area contributed by atoms with Gasteiger partial charge in [0.25, 0.3) is 0 Å². The van der Waals surface area contributed by atoms with Gasteiger partial charge in [-0.25, -0.2) is 0 Å². The molecule has 0 heterocycles. The summed E-state index contributed by atoms with van der Waals surface area (Å²) >= 11 is 0. The first-order valence-corrected chi connectivity index (χ1v) is 6.98. The summed E-state index contributed by atoms with van der Waals surface area (Å²) in [6.45, 7) is 6.07. The van der Waals surface area contributed by atoms with Crippen LogP contribution >= 0.6 is 0 Å². The summed E-state index contributed by atoms with van der Waals surface area (Å²) in [5.41, 5.74) is -0.808. The number of carboxylic acid groups (broad SMARTS) is 1. The fraction of sp³-hybridized carbons (Fsp3) is 0.857. The van der Waals surface area contributed by atoms with E-state index in [1.165, 1.54) is 0 Å². The first-order chi connectivity index (χ1) is 8.46. The number of carbonyl (C=O) groups excluding carboxylic acids is 1. The zero-order chi connectivity index (χ0) is 13.8. The zero-order valence-corrected chi connectivity index (χ0v) is 11.7. The Bertz CT molecular complexity index is 310. The number of hydrogen-bond acceptors (Lipinski definition) is 2. The summed E-state index contributed by atoms with van der Waals surface area (Å²) in [4.78, 5) is 23.4. The van der Waals surface area contributed by atoms with Crippen LogP contribution < -0.4 is 5.32 Å². The molecule has 0 radical (unpaired) electrons. The maximum Gasteiger partial charge on any atom is 0.311 e. The molecule has 0 saturated heterocycles. The minimum atomic E-state index is -0.813. The number of nitrogens with one attached hydrogen (secondary N) is 1. The van der Waals surface area contributed by atoms with Gasteiger partial charge in [-0.15, -0.1) is 0 Å². The second-order valence-electron chi connectivity index (χ2n) is 5.53. The molecule has 4 heteroatoms. The third-order valence-corrected chi connectivity index (χ3v) is 4.61. The standard InChI is InChI=1S/C14H25NO3/c1-4-14(5-2,13(17)18)9-15-12(16)11-8-6-7-10(11)3/h10-11H,4-9H2,1-3H3,(H,15,16)(H,17,18). The van der Waals surface area contributed by atoms with Crippen LogP contribution in [0, 0.1) is 17.3 Å². The molecule has 1 fully saturated rings. The second-order valence-corrected chi connectivity index (χ2v) is 5.53. The van der Waals surface area contributed by atoms with Crippen LogP contribution in [0.15, 0.2) is 0 Å². The summed E-state index contributed by atoms with van der Waals surface area (Å²) in [5.74, 6) is -0.280. The minimum Gasteiger partial charge on any atom is -0.481 e. The predicted octanol–water partition coefficient (Wildman–Crippen LogP) is 2.43. The molecule has 2 atom stereocenters. The van der Waals surface area contributed by atoms with E-state index in [0.717, 1.165) is 19.3 Å². The molecular weight excluding hydrogens is 230 g/mol. The van der Waals surface area contributed by atoms with E-state index >= 15 is 0 Å². The van der Waals surface area contributed by atoms with E-state index in [1.54, 1.807) is 0 Å². The minimum absolute atomic E-state index is 0.0347. The molecule has 0 aromatic carbocycles. The van der Waals surface area contributed by atoms with Gasteiger partial charge in [0.15, 0.2) is 0 Å². The third-order valence-electron chi connectivity index (χ3n) is 4.61. The van der Waals surface area contributed by atoms with Gasteiger partial charge in [0.2, 0.25) is 5.91 Å². The molecule has 4 nitrogen and oxygen atoms in total. The fourth-order valence-electron chi connectivity index (χ4n) is 2.80. The molecule has 18 heavy (non-hydrogen) atoms.